The van der Waals surface area contributed by atoms with Crippen molar-refractivity contribution in [2.24, 2.45) is 0 Å². The van der Waals surface area contributed by atoms with Gasteiger partial charge in [-0.1, -0.05) is 15.9 Å². The highest BCUT2D eigenvalue weighted by molar-refractivity contribution is 9.09. The predicted octanol–water partition coefficient (Wildman–Crippen LogP) is 0.920. The Morgan fingerprint density at radius 3 is 2.33 bits per heavy atom. The summed E-state index contributed by atoms with van der Waals surface area (Å²) in [6.45, 7) is -0.856. The molecule has 0 amide bonds. The maximum atomic E-state index is 11.0. The second kappa shape index (κ2) is 3.28. The van der Waals surface area contributed by atoms with E-state index >= 15 is 0 Å². The standard InChI is InChI=1S/C3H4BrFO/c4-1-3(6)2-5/h1-2H2. The normalized spacial score (nSPS) is 8.33. The van der Waals surface area contributed by atoms with Gasteiger partial charge in [0.2, 0.25) is 0 Å². The lowest BCUT2D eigenvalue weighted by Gasteiger charge is -1.77. The van der Waals surface area contributed by atoms with Gasteiger partial charge in [-0.25, -0.2) is 4.39 Å². The lowest BCUT2D eigenvalue weighted by atomic mass is 10.5. The maximum absolute atomic E-state index is 11.0. The van der Waals surface area contributed by atoms with Crippen LogP contribution in [0.15, 0.2) is 0 Å². The molecule has 1 nitrogen and oxygen atoms in total. The number of halogens is 2. The van der Waals surface area contributed by atoms with E-state index in [1.54, 1.807) is 0 Å². The average molecular weight is 155 g/mol. The lowest BCUT2D eigenvalue weighted by molar-refractivity contribution is -0.117. The summed E-state index contributed by atoms with van der Waals surface area (Å²) in [5.41, 5.74) is 0. The summed E-state index contributed by atoms with van der Waals surface area (Å²) in [4.78, 5) is 9.76. The second-order valence-electron chi connectivity index (χ2n) is 0.806. The molecule has 0 heterocycles. The van der Waals surface area contributed by atoms with Crippen molar-refractivity contribution < 1.29 is 9.18 Å². The molecule has 0 aliphatic heterocycles. The molecule has 0 fully saturated rings. The third-order valence-corrected chi connectivity index (χ3v) is 0.924. The molecule has 0 aliphatic carbocycles. The summed E-state index contributed by atoms with van der Waals surface area (Å²) < 4.78 is 11.0. The monoisotopic (exact) mass is 154 g/mol. The van der Waals surface area contributed by atoms with Crippen LogP contribution in [-0.4, -0.2) is 17.8 Å². The highest BCUT2D eigenvalue weighted by Gasteiger charge is 1.91. The van der Waals surface area contributed by atoms with E-state index in [1.165, 1.54) is 0 Å². The van der Waals surface area contributed by atoms with Crippen LogP contribution in [0.4, 0.5) is 4.39 Å². The van der Waals surface area contributed by atoms with Gasteiger partial charge in [-0.2, -0.15) is 0 Å². The molecule has 0 aliphatic rings. The van der Waals surface area contributed by atoms with Crippen molar-refractivity contribution in [2.75, 3.05) is 12.0 Å². The summed E-state index contributed by atoms with van der Waals surface area (Å²) in [5, 5.41) is 0.128. The molecular weight excluding hydrogens is 151 g/mol. The smallest absolute Gasteiger partial charge is 0.174 e. The fourth-order valence-electron chi connectivity index (χ4n) is 0.0357. The molecule has 36 valence electrons. The summed E-state index contributed by atoms with van der Waals surface area (Å²) in [6.07, 6.45) is 0. The molecule has 0 atom stereocenters. The van der Waals surface area contributed by atoms with Crippen molar-refractivity contribution in [3.63, 3.8) is 0 Å². The van der Waals surface area contributed by atoms with Crippen molar-refractivity contribution in [3.8, 4) is 0 Å². The molecule has 6 heavy (non-hydrogen) atoms. The van der Waals surface area contributed by atoms with Crippen molar-refractivity contribution in [1.29, 1.82) is 0 Å². The Morgan fingerprint density at radius 1 is 1.83 bits per heavy atom. The fraction of sp³-hybridized carbons (Fsp3) is 0.667. The van der Waals surface area contributed by atoms with Crippen molar-refractivity contribution in [1.82, 2.24) is 0 Å². The molecule has 0 bridgehead atoms. The molecular formula is C3H4BrFO. The van der Waals surface area contributed by atoms with Crippen LogP contribution in [0, 0.1) is 0 Å². The first-order chi connectivity index (χ1) is 2.81. The third-order valence-electron chi connectivity index (χ3n) is 0.298. The number of alkyl halides is 2. The van der Waals surface area contributed by atoms with Crippen molar-refractivity contribution in [2.45, 2.75) is 0 Å². The van der Waals surface area contributed by atoms with E-state index in [0.717, 1.165) is 0 Å². The van der Waals surface area contributed by atoms with Gasteiger partial charge in [0.15, 0.2) is 5.78 Å². The van der Waals surface area contributed by atoms with Gasteiger partial charge in [-0.05, 0) is 0 Å². The first-order valence-corrected chi connectivity index (χ1v) is 2.57. The van der Waals surface area contributed by atoms with E-state index in [0.29, 0.717) is 0 Å². The number of hydrogen-bond acceptors (Lipinski definition) is 1. The van der Waals surface area contributed by atoms with Gasteiger partial charge in [0.1, 0.15) is 6.67 Å². The average Bonchev–Trinajstić information content (AvgIpc) is 1.65. The topological polar surface area (TPSA) is 17.1 Å². The van der Waals surface area contributed by atoms with Crippen LogP contribution in [0.1, 0.15) is 0 Å². The maximum Gasteiger partial charge on any atom is 0.174 e. The van der Waals surface area contributed by atoms with Gasteiger partial charge in [0.25, 0.3) is 0 Å². The van der Waals surface area contributed by atoms with Crippen molar-refractivity contribution >= 4 is 21.7 Å². The SMILES string of the molecule is O=C(CF)CBr. The number of rotatable bonds is 2. The van der Waals surface area contributed by atoms with Crippen LogP contribution < -0.4 is 0 Å². The number of ketones is 1. The zero-order valence-corrected chi connectivity index (χ0v) is 4.66. The summed E-state index contributed by atoms with van der Waals surface area (Å²) in [7, 11) is 0. The zero-order chi connectivity index (χ0) is 4.99. The molecule has 0 saturated carbocycles. The van der Waals surface area contributed by atoms with Gasteiger partial charge >= 0.3 is 0 Å². The van der Waals surface area contributed by atoms with Crippen LogP contribution in [0.2, 0.25) is 0 Å². The first-order valence-electron chi connectivity index (χ1n) is 1.45. The summed E-state index contributed by atoms with van der Waals surface area (Å²) in [5.74, 6) is -0.407. The van der Waals surface area contributed by atoms with Gasteiger partial charge in [0, 0.05) is 0 Å². The van der Waals surface area contributed by atoms with Crippen LogP contribution in [0.3, 0.4) is 0 Å². The molecule has 0 aromatic heterocycles. The predicted molar refractivity (Wildman–Crippen MR) is 24.8 cm³/mol. The summed E-state index contributed by atoms with van der Waals surface area (Å²) >= 11 is 2.79. The third kappa shape index (κ3) is 2.33. The Balaban J connectivity index is 2.99. The molecule has 3 heteroatoms. The molecule has 0 radical (unpaired) electrons. The minimum Gasteiger partial charge on any atom is -0.296 e. The number of Topliss-reactive ketones (excluding diaryl/α,β-unsaturated/α-hetero) is 1. The molecule has 0 unspecified atom stereocenters. The molecule has 0 N–H and O–H groups in total. The van der Waals surface area contributed by atoms with Gasteiger partial charge in [-0.15, -0.1) is 0 Å². The Hall–Kier alpha value is 0.0800. The Labute approximate surface area is 43.7 Å². The van der Waals surface area contributed by atoms with E-state index in [-0.39, 0.29) is 5.33 Å². The van der Waals surface area contributed by atoms with E-state index < -0.39 is 12.5 Å². The number of carbonyl (C=O) groups excluding carboxylic acids is 1. The van der Waals surface area contributed by atoms with Gasteiger partial charge < -0.3 is 0 Å². The van der Waals surface area contributed by atoms with Gasteiger partial charge in [0.05, 0.1) is 5.33 Å². The highest BCUT2D eigenvalue weighted by Crippen LogP contribution is 1.80. The quantitative estimate of drug-likeness (QED) is 0.542. The first kappa shape index (κ1) is 6.08. The van der Waals surface area contributed by atoms with Crippen LogP contribution in [0.25, 0.3) is 0 Å². The minimum absolute atomic E-state index is 0.128. The van der Waals surface area contributed by atoms with Crippen molar-refractivity contribution in [3.05, 3.63) is 0 Å². The molecule has 0 aromatic carbocycles. The van der Waals surface area contributed by atoms with Crippen LogP contribution >= 0.6 is 15.9 Å². The number of carbonyl (C=O) groups is 1. The van der Waals surface area contributed by atoms with E-state index in [1.807, 2.05) is 0 Å². The highest BCUT2D eigenvalue weighted by atomic mass is 79.9. The second-order valence-corrected chi connectivity index (χ2v) is 1.37. The molecule has 0 saturated heterocycles. The molecule has 0 rings (SSSR count). The molecule has 0 spiro atoms. The number of hydrogen-bond donors (Lipinski definition) is 0. The van der Waals surface area contributed by atoms with Crippen LogP contribution in [-0.2, 0) is 4.79 Å². The minimum atomic E-state index is -0.856. The Bertz CT molecular complexity index is 48.8. The largest absolute Gasteiger partial charge is 0.296 e. The Kier molecular flexibility index (Phi) is 3.32. The molecule has 0 aromatic rings. The zero-order valence-electron chi connectivity index (χ0n) is 3.08. The summed E-state index contributed by atoms with van der Waals surface area (Å²) in [6, 6.07) is 0. The van der Waals surface area contributed by atoms with E-state index in [4.69, 9.17) is 0 Å². The fourth-order valence-corrected chi connectivity index (χ4v) is 0.186. The Morgan fingerprint density at radius 2 is 2.33 bits per heavy atom. The van der Waals surface area contributed by atoms with Gasteiger partial charge in [-0.3, -0.25) is 4.79 Å². The van der Waals surface area contributed by atoms with E-state index in [9.17, 15) is 9.18 Å². The lowest BCUT2D eigenvalue weighted by Crippen LogP contribution is -1.98. The van der Waals surface area contributed by atoms with E-state index in [2.05, 4.69) is 15.9 Å². The van der Waals surface area contributed by atoms with Crippen LogP contribution in [0.5, 0.6) is 0 Å².